The molecule has 0 saturated carbocycles. The SMILES string of the molecule is O=C([C@@H]1CCCOC1)N1CCC(Cc2cnc3ccccc3c2)CC1. The lowest BCUT2D eigenvalue weighted by Crippen LogP contribution is -2.44. The van der Waals surface area contributed by atoms with Crippen molar-refractivity contribution in [2.45, 2.75) is 32.1 Å². The summed E-state index contributed by atoms with van der Waals surface area (Å²) in [5.74, 6) is 1.05. The largest absolute Gasteiger partial charge is 0.381 e. The molecule has 0 bridgehead atoms. The molecule has 4 rings (SSSR count). The van der Waals surface area contributed by atoms with Crippen LogP contribution in [0.2, 0.25) is 0 Å². The van der Waals surface area contributed by atoms with Gasteiger partial charge >= 0.3 is 0 Å². The molecule has 2 aromatic rings. The number of fused-ring (bicyclic) bond motifs is 1. The van der Waals surface area contributed by atoms with Crippen LogP contribution in [-0.2, 0) is 16.0 Å². The lowest BCUT2D eigenvalue weighted by molar-refractivity contribution is -0.141. The summed E-state index contributed by atoms with van der Waals surface area (Å²) < 4.78 is 5.47. The van der Waals surface area contributed by atoms with Crippen molar-refractivity contribution in [3.05, 3.63) is 42.1 Å². The van der Waals surface area contributed by atoms with Crippen LogP contribution in [0.4, 0.5) is 0 Å². The van der Waals surface area contributed by atoms with Crippen LogP contribution in [0.15, 0.2) is 36.5 Å². The minimum atomic E-state index is 0.0926. The second kappa shape index (κ2) is 7.52. The van der Waals surface area contributed by atoms with E-state index in [0.29, 0.717) is 18.4 Å². The van der Waals surface area contributed by atoms with Gasteiger partial charge in [0.25, 0.3) is 0 Å². The van der Waals surface area contributed by atoms with Gasteiger partial charge in [-0.25, -0.2) is 0 Å². The number of rotatable bonds is 3. The van der Waals surface area contributed by atoms with E-state index in [1.807, 2.05) is 12.3 Å². The molecule has 3 heterocycles. The number of carbonyl (C=O) groups excluding carboxylic acids is 1. The van der Waals surface area contributed by atoms with Gasteiger partial charge in [0.15, 0.2) is 0 Å². The van der Waals surface area contributed by atoms with Gasteiger partial charge in [0.1, 0.15) is 0 Å². The van der Waals surface area contributed by atoms with Crippen LogP contribution in [0.5, 0.6) is 0 Å². The van der Waals surface area contributed by atoms with Crippen molar-refractivity contribution in [2.75, 3.05) is 26.3 Å². The predicted octanol–water partition coefficient (Wildman–Crippen LogP) is 3.44. The van der Waals surface area contributed by atoms with E-state index in [9.17, 15) is 4.79 Å². The molecule has 132 valence electrons. The normalized spacial score (nSPS) is 22.2. The van der Waals surface area contributed by atoms with E-state index in [-0.39, 0.29) is 5.92 Å². The highest BCUT2D eigenvalue weighted by atomic mass is 16.5. The van der Waals surface area contributed by atoms with E-state index in [1.54, 1.807) is 0 Å². The van der Waals surface area contributed by atoms with Gasteiger partial charge in [0, 0.05) is 31.3 Å². The summed E-state index contributed by atoms with van der Waals surface area (Å²) in [6.45, 7) is 3.20. The summed E-state index contributed by atoms with van der Waals surface area (Å²) in [4.78, 5) is 19.2. The summed E-state index contributed by atoms with van der Waals surface area (Å²) in [6, 6.07) is 10.5. The maximum Gasteiger partial charge on any atom is 0.228 e. The van der Waals surface area contributed by atoms with E-state index < -0.39 is 0 Å². The maximum atomic E-state index is 12.6. The van der Waals surface area contributed by atoms with Crippen LogP contribution in [0, 0.1) is 11.8 Å². The van der Waals surface area contributed by atoms with Gasteiger partial charge < -0.3 is 9.64 Å². The van der Waals surface area contributed by atoms with Gasteiger partial charge in [-0.3, -0.25) is 9.78 Å². The zero-order valence-electron chi connectivity index (χ0n) is 14.7. The molecular weight excluding hydrogens is 312 g/mol. The number of nitrogens with zero attached hydrogens (tertiary/aromatic N) is 2. The summed E-state index contributed by atoms with van der Waals surface area (Å²) in [7, 11) is 0. The molecule has 1 atom stereocenters. The first kappa shape index (κ1) is 16.5. The van der Waals surface area contributed by atoms with Gasteiger partial charge in [0.05, 0.1) is 18.0 Å². The Balaban J connectivity index is 1.32. The van der Waals surface area contributed by atoms with Crippen molar-refractivity contribution in [3.8, 4) is 0 Å². The minimum Gasteiger partial charge on any atom is -0.381 e. The van der Waals surface area contributed by atoms with E-state index >= 15 is 0 Å². The fourth-order valence-corrected chi connectivity index (χ4v) is 4.11. The number of hydrogen-bond acceptors (Lipinski definition) is 3. The van der Waals surface area contributed by atoms with Gasteiger partial charge in [-0.05, 0) is 55.7 Å². The Morgan fingerprint density at radius 3 is 2.84 bits per heavy atom. The summed E-state index contributed by atoms with van der Waals surface area (Å²) >= 11 is 0. The molecule has 1 aromatic carbocycles. The molecule has 2 saturated heterocycles. The van der Waals surface area contributed by atoms with Crippen molar-refractivity contribution < 1.29 is 9.53 Å². The Bertz CT molecular complexity index is 732. The summed E-state index contributed by atoms with van der Waals surface area (Å²) in [5.41, 5.74) is 2.37. The number of likely N-dealkylation sites (tertiary alicyclic amines) is 1. The molecule has 2 aliphatic heterocycles. The minimum absolute atomic E-state index is 0.0926. The topological polar surface area (TPSA) is 42.4 Å². The van der Waals surface area contributed by atoms with Crippen molar-refractivity contribution in [2.24, 2.45) is 11.8 Å². The lowest BCUT2D eigenvalue weighted by atomic mass is 9.89. The molecule has 1 amide bonds. The maximum absolute atomic E-state index is 12.6. The van der Waals surface area contributed by atoms with Crippen LogP contribution in [0.3, 0.4) is 0 Å². The van der Waals surface area contributed by atoms with Gasteiger partial charge in [-0.15, -0.1) is 0 Å². The highest BCUT2D eigenvalue weighted by Gasteiger charge is 2.29. The van der Waals surface area contributed by atoms with Gasteiger partial charge in [-0.1, -0.05) is 18.2 Å². The van der Waals surface area contributed by atoms with Crippen LogP contribution in [0.25, 0.3) is 10.9 Å². The fraction of sp³-hybridized carbons (Fsp3) is 0.524. The summed E-state index contributed by atoms with van der Waals surface area (Å²) in [6.07, 6.45) is 7.26. The Hall–Kier alpha value is -1.94. The second-order valence-corrected chi connectivity index (χ2v) is 7.42. The van der Waals surface area contributed by atoms with Crippen molar-refractivity contribution >= 4 is 16.8 Å². The number of aromatic nitrogens is 1. The zero-order valence-corrected chi connectivity index (χ0v) is 14.7. The standard InChI is InChI=1S/C21H26N2O2/c24-21(19-5-3-11-25-15-19)23-9-7-16(8-10-23)12-17-13-18-4-1-2-6-20(18)22-14-17/h1-2,4,6,13-14,16,19H,3,5,7-12,15H2/t19-/m1/s1. The third-order valence-corrected chi connectivity index (χ3v) is 5.61. The number of ether oxygens (including phenoxy) is 1. The monoisotopic (exact) mass is 338 g/mol. The molecular formula is C21H26N2O2. The molecule has 4 nitrogen and oxygen atoms in total. The Kier molecular flexibility index (Phi) is 4.97. The number of pyridine rings is 1. The molecule has 0 aliphatic carbocycles. The molecule has 0 radical (unpaired) electrons. The molecule has 25 heavy (non-hydrogen) atoms. The summed E-state index contributed by atoms with van der Waals surface area (Å²) in [5, 5.41) is 1.21. The molecule has 2 aliphatic rings. The van der Waals surface area contributed by atoms with Crippen LogP contribution in [0.1, 0.15) is 31.2 Å². The quantitative estimate of drug-likeness (QED) is 0.861. The van der Waals surface area contributed by atoms with Crippen molar-refractivity contribution in [3.63, 3.8) is 0 Å². The number of benzene rings is 1. The first-order valence-electron chi connectivity index (χ1n) is 9.50. The molecule has 0 spiro atoms. The molecule has 1 aromatic heterocycles. The first-order valence-corrected chi connectivity index (χ1v) is 9.50. The number of amides is 1. The van der Waals surface area contributed by atoms with Gasteiger partial charge in [-0.2, -0.15) is 0 Å². The van der Waals surface area contributed by atoms with E-state index in [2.05, 4.69) is 34.1 Å². The zero-order chi connectivity index (χ0) is 17.1. The average molecular weight is 338 g/mol. The van der Waals surface area contributed by atoms with Gasteiger partial charge in [0.2, 0.25) is 5.91 Å². The van der Waals surface area contributed by atoms with Crippen LogP contribution in [-0.4, -0.2) is 42.1 Å². The van der Waals surface area contributed by atoms with Crippen LogP contribution < -0.4 is 0 Å². The first-order chi connectivity index (χ1) is 12.3. The van der Waals surface area contributed by atoms with E-state index in [4.69, 9.17) is 4.74 Å². The number of piperidine rings is 1. The van der Waals surface area contributed by atoms with Crippen LogP contribution >= 0.6 is 0 Å². The Morgan fingerprint density at radius 1 is 1.20 bits per heavy atom. The highest BCUT2D eigenvalue weighted by Crippen LogP contribution is 2.25. The third-order valence-electron chi connectivity index (χ3n) is 5.61. The number of carbonyl (C=O) groups is 1. The number of hydrogen-bond donors (Lipinski definition) is 0. The smallest absolute Gasteiger partial charge is 0.228 e. The van der Waals surface area contributed by atoms with E-state index in [0.717, 1.165) is 57.3 Å². The van der Waals surface area contributed by atoms with Crippen molar-refractivity contribution in [1.82, 2.24) is 9.88 Å². The molecule has 0 N–H and O–H groups in total. The average Bonchev–Trinajstić information content (AvgIpc) is 2.69. The third kappa shape index (κ3) is 3.84. The highest BCUT2D eigenvalue weighted by molar-refractivity contribution is 5.79. The Labute approximate surface area is 149 Å². The number of para-hydroxylation sites is 1. The molecule has 4 heteroatoms. The fourth-order valence-electron chi connectivity index (χ4n) is 4.11. The van der Waals surface area contributed by atoms with Crippen molar-refractivity contribution in [1.29, 1.82) is 0 Å². The molecule has 0 unspecified atom stereocenters. The second-order valence-electron chi connectivity index (χ2n) is 7.42. The predicted molar refractivity (Wildman–Crippen MR) is 98.3 cm³/mol. The Morgan fingerprint density at radius 2 is 2.04 bits per heavy atom. The molecule has 2 fully saturated rings. The van der Waals surface area contributed by atoms with E-state index in [1.165, 1.54) is 10.9 Å². The lowest BCUT2D eigenvalue weighted by Gasteiger charge is -2.35.